The molecule has 2 atom stereocenters. The first-order valence-corrected chi connectivity index (χ1v) is 9.93. The van der Waals surface area contributed by atoms with Gasteiger partial charge in [0.1, 0.15) is 5.69 Å². The van der Waals surface area contributed by atoms with Crippen LogP contribution in [0.2, 0.25) is 5.02 Å². The Morgan fingerprint density at radius 2 is 1.97 bits per heavy atom. The predicted molar refractivity (Wildman–Crippen MR) is 114 cm³/mol. The maximum atomic E-state index is 13.0. The molecule has 4 N–H and O–H groups in total. The summed E-state index contributed by atoms with van der Waals surface area (Å²) in [4.78, 5) is 41.4. The summed E-state index contributed by atoms with van der Waals surface area (Å²) in [5.41, 5.74) is 8.50. The minimum atomic E-state index is -0.604. The number of rotatable bonds is 5. The normalized spacial score (nSPS) is 17.5. The van der Waals surface area contributed by atoms with Crippen LogP contribution in [0.5, 0.6) is 0 Å². The third kappa shape index (κ3) is 3.76. The van der Waals surface area contributed by atoms with Crippen LogP contribution >= 0.6 is 11.6 Å². The summed E-state index contributed by atoms with van der Waals surface area (Å²) in [6.07, 6.45) is 0.543. The van der Waals surface area contributed by atoms with E-state index in [1.54, 1.807) is 18.2 Å². The number of H-pyrrole nitrogens is 1. The second kappa shape index (κ2) is 7.84. The summed E-state index contributed by atoms with van der Waals surface area (Å²) in [5.74, 6) is -1.19. The Bertz CT molecular complexity index is 1160. The van der Waals surface area contributed by atoms with Crippen molar-refractivity contribution in [2.24, 2.45) is 5.73 Å². The maximum absolute atomic E-state index is 13.0. The lowest BCUT2D eigenvalue weighted by Crippen LogP contribution is -2.48. The van der Waals surface area contributed by atoms with Crippen LogP contribution in [0.1, 0.15) is 34.6 Å². The Labute approximate surface area is 178 Å². The number of aromatic amines is 1. The molecule has 4 rings (SSSR count). The van der Waals surface area contributed by atoms with Gasteiger partial charge in [0.25, 0.3) is 5.91 Å². The molecule has 3 aromatic rings. The average Bonchev–Trinajstić information content (AvgIpc) is 3.26. The van der Waals surface area contributed by atoms with E-state index in [-0.39, 0.29) is 18.4 Å². The number of halogens is 1. The van der Waals surface area contributed by atoms with Crippen molar-refractivity contribution in [3.8, 4) is 0 Å². The molecule has 1 aliphatic carbocycles. The van der Waals surface area contributed by atoms with Gasteiger partial charge in [-0.2, -0.15) is 0 Å². The Hall–Kier alpha value is -3.32. The van der Waals surface area contributed by atoms with Crippen LogP contribution in [0.25, 0.3) is 10.9 Å². The van der Waals surface area contributed by atoms with Crippen LogP contribution < -0.4 is 11.1 Å². The molecule has 0 bridgehead atoms. The van der Waals surface area contributed by atoms with E-state index in [4.69, 9.17) is 17.3 Å². The van der Waals surface area contributed by atoms with Gasteiger partial charge in [0.2, 0.25) is 11.8 Å². The molecule has 1 heterocycles. The molecular weight excluding hydrogens is 404 g/mol. The fraction of sp³-hybridized carbons (Fsp3) is 0.227. The van der Waals surface area contributed by atoms with Gasteiger partial charge in [-0.25, -0.2) is 0 Å². The molecule has 3 amide bonds. The summed E-state index contributed by atoms with van der Waals surface area (Å²) < 4.78 is 0. The lowest BCUT2D eigenvalue weighted by molar-refractivity contribution is -0.136. The van der Waals surface area contributed by atoms with Crippen molar-refractivity contribution in [3.05, 3.63) is 70.4 Å². The largest absolute Gasteiger partial charge is 0.368 e. The van der Waals surface area contributed by atoms with Gasteiger partial charge < -0.3 is 20.9 Å². The molecule has 0 fully saturated rings. The van der Waals surface area contributed by atoms with Crippen LogP contribution in [0.3, 0.4) is 0 Å². The Kier molecular flexibility index (Phi) is 5.22. The molecule has 0 spiro atoms. The quantitative estimate of drug-likeness (QED) is 0.585. The zero-order valence-electron chi connectivity index (χ0n) is 16.3. The zero-order valence-corrected chi connectivity index (χ0v) is 17.1. The van der Waals surface area contributed by atoms with E-state index >= 15 is 0 Å². The van der Waals surface area contributed by atoms with E-state index in [9.17, 15) is 14.4 Å². The molecule has 0 aliphatic heterocycles. The van der Waals surface area contributed by atoms with Gasteiger partial charge in [-0.15, -0.1) is 0 Å². The summed E-state index contributed by atoms with van der Waals surface area (Å²) in [6, 6.07) is 13.9. The predicted octanol–water partition coefficient (Wildman–Crippen LogP) is 2.55. The van der Waals surface area contributed by atoms with Gasteiger partial charge in [0.15, 0.2) is 0 Å². The van der Waals surface area contributed by atoms with Gasteiger partial charge in [0, 0.05) is 22.8 Å². The maximum Gasteiger partial charge on any atom is 0.268 e. The van der Waals surface area contributed by atoms with Crippen molar-refractivity contribution in [3.63, 3.8) is 0 Å². The molecule has 8 heteroatoms. The summed E-state index contributed by atoms with van der Waals surface area (Å²) in [7, 11) is 0. The highest BCUT2D eigenvalue weighted by molar-refractivity contribution is 6.31. The standard InChI is InChI=1S/C22H21ClN4O3/c1-12(28)27(11-20(24)29)21-16-5-3-2-4-13(16)9-18(21)26-22(30)19-10-14-8-15(23)6-7-17(14)25-19/h2-8,10,18,21,25H,9,11H2,1H3,(H2,24,29)(H,26,30). The van der Waals surface area contributed by atoms with Crippen molar-refractivity contribution in [1.29, 1.82) is 0 Å². The Morgan fingerprint density at radius 1 is 1.20 bits per heavy atom. The van der Waals surface area contributed by atoms with Crippen molar-refractivity contribution in [2.45, 2.75) is 25.4 Å². The highest BCUT2D eigenvalue weighted by Gasteiger charge is 2.39. The molecule has 1 aromatic heterocycles. The van der Waals surface area contributed by atoms with E-state index in [0.29, 0.717) is 17.1 Å². The molecular formula is C22H21ClN4O3. The number of amides is 3. The van der Waals surface area contributed by atoms with Crippen molar-refractivity contribution >= 4 is 40.2 Å². The smallest absolute Gasteiger partial charge is 0.268 e. The third-order valence-electron chi connectivity index (χ3n) is 5.41. The van der Waals surface area contributed by atoms with E-state index in [2.05, 4.69) is 10.3 Å². The number of primary amides is 1. The van der Waals surface area contributed by atoms with Gasteiger partial charge >= 0.3 is 0 Å². The summed E-state index contributed by atoms with van der Waals surface area (Å²) in [5, 5.41) is 4.45. The summed E-state index contributed by atoms with van der Waals surface area (Å²) in [6.45, 7) is 1.18. The van der Waals surface area contributed by atoms with E-state index in [1.807, 2.05) is 30.3 Å². The molecule has 2 unspecified atom stereocenters. The number of nitrogens with one attached hydrogen (secondary N) is 2. The Morgan fingerprint density at radius 3 is 2.70 bits per heavy atom. The van der Waals surface area contributed by atoms with Gasteiger partial charge in [0.05, 0.1) is 18.6 Å². The van der Waals surface area contributed by atoms with Crippen LogP contribution in [0, 0.1) is 0 Å². The topological polar surface area (TPSA) is 108 Å². The fourth-order valence-corrected chi connectivity index (χ4v) is 4.31. The molecule has 2 aromatic carbocycles. The molecule has 154 valence electrons. The molecule has 30 heavy (non-hydrogen) atoms. The highest BCUT2D eigenvalue weighted by atomic mass is 35.5. The number of hydrogen-bond donors (Lipinski definition) is 3. The van der Waals surface area contributed by atoms with E-state index in [0.717, 1.165) is 22.0 Å². The van der Waals surface area contributed by atoms with Crippen molar-refractivity contribution in [1.82, 2.24) is 15.2 Å². The van der Waals surface area contributed by atoms with Crippen LogP contribution in [-0.2, 0) is 16.0 Å². The van der Waals surface area contributed by atoms with Crippen LogP contribution in [0.15, 0.2) is 48.5 Å². The monoisotopic (exact) mass is 424 g/mol. The van der Waals surface area contributed by atoms with Crippen LogP contribution in [-0.4, -0.2) is 40.2 Å². The van der Waals surface area contributed by atoms with Crippen molar-refractivity contribution < 1.29 is 14.4 Å². The number of aromatic nitrogens is 1. The SMILES string of the molecule is CC(=O)N(CC(N)=O)C1c2ccccc2CC1NC(=O)c1cc2cc(Cl)ccc2[nH]1. The van der Waals surface area contributed by atoms with Gasteiger partial charge in [-0.1, -0.05) is 35.9 Å². The van der Waals surface area contributed by atoms with Crippen molar-refractivity contribution in [2.75, 3.05) is 6.54 Å². The number of carbonyl (C=O) groups is 3. The molecule has 0 saturated carbocycles. The molecule has 7 nitrogen and oxygen atoms in total. The van der Waals surface area contributed by atoms with E-state index < -0.39 is 18.0 Å². The lowest BCUT2D eigenvalue weighted by atomic mass is 10.0. The second-order valence-electron chi connectivity index (χ2n) is 7.46. The minimum absolute atomic E-state index is 0.217. The van der Waals surface area contributed by atoms with Crippen LogP contribution in [0.4, 0.5) is 0 Å². The van der Waals surface area contributed by atoms with Gasteiger partial charge in [-0.05, 0) is 41.8 Å². The molecule has 0 saturated heterocycles. The van der Waals surface area contributed by atoms with E-state index in [1.165, 1.54) is 11.8 Å². The molecule has 0 radical (unpaired) electrons. The average molecular weight is 425 g/mol. The number of fused-ring (bicyclic) bond motifs is 2. The first-order chi connectivity index (χ1) is 14.3. The number of nitrogens with zero attached hydrogens (tertiary/aromatic N) is 1. The number of benzene rings is 2. The number of nitrogens with two attached hydrogens (primary N) is 1. The second-order valence-corrected chi connectivity index (χ2v) is 7.89. The number of carbonyl (C=O) groups excluding carboxylic acids is 3. The number of hydrogen-bond acceptors (Lipinski definition) is 3. The fourth-order valence-electron chi connectivity index (χ4n) is 4.13. The first kappa shape index (κ1) is 20.0. The highest BCUT2D eigenvalue weighted by Crippen LogP contribution is 2.36. The first-order valence-electron chi connectivity index (χ1n) is 9.56. The third-order valence-corrected chi connectivity index (χ3v) is 5.64. The lowest BCUT2D eigenvalue weighted by Gasteiger charge is -2.32. The van der Waals surface area contributed by atoms with Gasteiger partial charge in [-0.3, -0.25) is 14.4 Å². The zero-order chi connectivity index (χ0) is 21.4. The Balaban J connectivity index is 1.64. The minimum Gasteiger partial charge on any atom is -0.368 e. The summed E-state index contributed by atoms with van der Waals surface area (Å²) >= 11 is 6.03. The molecule has 1 aliphatic rings.